The third-order valence-electron chi connectivity index (χ3n) is 2.99. The number of ether oxygens (including phenoxy) is 2. The molecule has 2 N–H and O–H groups in total. The van der Waals surface area contributed by atoms with Crippen molar-refractivity contribution >= 4 is 15.9 Å². The second-order valence-corrected chi connectivity index (χ2v) is 4.87. The zero-order chi connectivity index (χ0) is 14.0. The molecular formula is C13H16BrN3O2. The van der Waals surface area contributed by atoms with E-state index in [9.17, 15) is 0 Å². The predicted molar refractivity (Wildman–Crippen MR) is 76.5 cm³/mol. The van der Waals surface area contributed by atoms with Crippen molar-refractivity contribution in [3.8, 4) is 11.5 Å². The number of hydrogen-bond donors (Lipinski definition) is 1. The highest BCUT2D eigenvalue weighted by molar-refractivity contribution is 9.10. The summed E-state index contributed by atoms with van der Waals surface area (Å²) in [5.74, 6) is 2.14. The van der Waals surface area contributed by atoms with E-state index in [1.54, 1.807) is 20.4 Å². The van der Waals surface area contributed by atoms with Crippen LogP contribution in [0, 0.1) is 0 Å². The van der Waals surface area contributed by atoms with Gasteiger partial charge in [0.1, 0.15) is 21.8 Å². The first-order valence-corrected chi connectivity index (χ1v) is 6.52. The van der Waals surface area contributed by atoms with Crippen LogP contribution in [-0.4, -0.2) is 23.8 Å². The van der Waals surface area contributed by atoms with E-state index in [1.165, 1.54) is 0 Å². The number of benzene rings is 1. The van der Waals surface area contributed by atoms with Crippen LogP contribution < -0.4 is 15.2 Å². The molecule has 0 amide bonds. The Bertz CT molecular complexity index is 583. The van der Waals surface area contributed by atoms with E-state index in [4.69, 9.17) is 15.2 Å². The van der Waals surface area contributed by atoms with Gasteiger partial charge in [-0.25, -0.2) is 4.98 Å². The van der Waals surface area contributed by atoms with Crippen LogP contribution in [0.1, 0.15) is 17.4 Å². The van der Waals surface area contributed by atoms with E-state index in [-0.39, 0.29) is 6.04 Å². The van der Waals surface area contributed by atoms with Crippen molar-refractivity contribution in [2.75, 3.05) is 14.2 Å². The maximum atomic E-state index is 6.27. The molecule has 6 heteroatoms. The van der Waals surface area contributed by atoms with Crippen molar-refractivity contribution in [3.05, 3.63) is 40.4 Å². The topological polar surface area (TPSA) is 62.3 Å². The highest BCUT2D eigenvalue weighted by Gasteiger charge is 2.21. The quantitative estimate of drug-likeness (QED) is 0.936. The molecule has 0 saturated carbocycles. The maximum Gasteiger partial charge on any atom is 0.142 e. The summed E-state index contributed by atoms with van der Waals surface area (Å²) < 4.78 is 13.3. The molecule has 1 aromatic heterocycles. The molecule has 1 aromatic carbocycles. The summed E-state index contributed by atoms with van der Waals surface area (Å²) in [6, 6.07) is 3.38. The second-order valence-electron chi connectivity index (χ2n) is 4.08. The van der Waals surface area contributed by atoms with Crippen LogP contribution in [0.3, 0.4) is 0 Å². The van der Waals surface area contributed by atoms with E-state index in [2.05, 4.69) is 20.9 Å². The summed E-state index contributed by atoms with van der Waals surface area (Å²) in [5, 5.41) is 0. The molecule has 1 unspecified atom stereocenters. The van der Waals surface area contributed by atoms with Gasteiger partial charge in [-0.1, -0.05) is 0 Å². The third-order valence-corrected chi connectivity index (χ3v) is 3.74. The first-order chi connectivity index (χ1) is 9.10. The molecule has 2 rings (SSSR count). The lowest BCUT2D eigenvalue weighted by atomic mass is 10.1. The Hall–Kier alpha value is -1.53. The fraction of sp³-hybridized carbons (Fsp3) is 0.308. The number of nitrogens with two attached hydrogens (primary N) is 1. The molecule has 0 radical (unpaired) electrons. The minimum atomic E-state index is -0.364. The van der Waals surface area contributed by atoms with Crippen LogP contribution >= 0.6 is 15.9 Å². The highest BCUT2D eigenvalue weighted by atomic mass is 79.9. The lowest BCUT2D eigenvalue weighted by Gasteiger charge is -2.18. The zero-order valence-corrected chi connectivity index (χ0v) is 12.6. The lowest BCUT2D eigenvalue weighted by Crippen LogP contribution is -2.17. The molecule has 0 aliphatic carbocycles. The van der Waals surface area contributed by atoms with Gasteiger partial charge in [0.15, 0.2) is 0 Å². The molecule has 2 aromatic rings. The van der Waals surface area contributed by atoms with Crippen LogP contribution in [0.4, 0.5) is 0 Å². The van der Waals surface area contributed by atoms with Gasteiger partial charge in [0.05, 0.1) is 20.3 Å². The van der Waals surface area contributed by atoms with Gasteiger partial charge in [0, 0.05) is 25.0 Å². The van der Waals surface area contributed by atoms with Crippen molar-refractivity contribution in [1.29, 1.82) is 0 Å². The SMILES string of the molecule is COc1ccc(C(N)c2nccn2C)c(OC)c1Br. The molecule has 102 valence electrons. The van der Waals surface area contributed by atoms with Crippen molar-refractivity contribution in [3.63, 3.8) is 0 Å². The van der Waals surface area contributed by atoms with Gasteiger partial charge in [-0.15, -0.1) is 0 Å². The summed E-state index contributed by atoms with van der Waals surface area (Å²) in [7, 11) is 5.12. The van der Waals surface area contributed by atoms with Gasteiger partial charge in [-0.05, 0) is 28.1 Å². The predicted octanol–water partition coefficient (Wildman–Crippen LogP) is 2.25. The molecule has 0 bridgehead atoms. The van der Waals surface area contributed by atoms with Gasteiger partial charge in [0.2, 0.25) is 0 Å². The van der Waals surface area contributed by atoms with E-state index in [0.717, 1.165) is 15.9 Å². The molecule has 5 nitrogen and oxygen atoms in total. The van der Waals surface area contributed by atoms with Crippen LogP contribution in [-0.2, 0) is 7.05 Å². The van der Waals surface area contributed by atoms with E-state index in [1.807, 2.05) is 29.9 Å². The van der Waals surface area contributed by atoms with Gasteiger partial charge in [0.25, 0.3) is 0 Å². The molecule has 0 aliphatic heterocycles. The lowest BCUT2D eigenvalue weighted by molar-refractivity contribution is 0.384. The second kappa shape index (κ2) is 5.63. The standard InChI is InChI=1S/C13H16BrN3O2/c1-17-7-6-16-13(17)11(15)8-4-5-9(18-2)10(14)12(8)19-3/h4-7,11H,15H2,1-3H3. The van der Waals surface area contributed by atoms with E-state index in [0.29, 0.717) is 11.5 Å². The summed E-state index contributed by atoms with van der Waals surface area (Å²) in [4.78, 5) is 4.28. The first-order valence-electron chi connectivity index (χ1n) is 5.73. The smallest absolute Gasteiger partial charge is 0.142 e. The monoisotopic (exact) mass is 325 g/mol. The summed E-state index contributed by atoms with van der Waals surface area (Å²) in [6.45, 7) is 0. The van der Waals surface area contributed by atoms with Gasteiger partial charge in [-0.2, -0.15) is 0 Å². The average Bonchev–Trinajstić information content (AvgIpc) is 2.83. The molecule has 1 atom stereocenters. The highest BCUT2D eigenvalue weighted by Crippen LogP contribution is 2.40. The number of nitrogens with zero attached hydrogens (tertiary/aromatic N) is 2. The van der Waals surface area contributed by atoms with Crippen LogP contribution in [0.15, 0.2) is 29.0 Å². The molecule has 0 fully saturated rings. The van der Waals surface area contributed by atoms with E-state index >= 15 is 0 Å². The molecule has 0 aliphatic rings. The minimum absolute atomic E-state index is 0.364. The molecule has 0 saturated heterocycles. The summed E-state index contributed by atoms with van der Waals surface area (Å²) in [6.07, 6.45) is 3.58. The van der Waals surface area contributed by atoms with Crippen LogP contribution in [0.25, 0.3) is 0 Å². The van der Waals surface area contributed by atoms with Gasteiger partial charge < -0.3 is 19.8 Å². The maximum absolute atomic E-state index is 6.27. The summed E-state index contributed by atoms with van der Waals surface area (Å²) >= 11 is 3.47. The minimum Gasteiger partial charge on any atom is -0.495 e. The van der Waals surface area contributed by atoms with E-state index < -0.39 is 0 Å². The van der Waals surface area contributed by atoms with Crippen LogP contribution in [0.2, 0.25) is 0 Å². The number of methoxy groups -OCH3 is 2. The number of halogens is 1. The fourth-order valence-corrected chi connectivity index (χ4v) is 2.66. The van der Waals surface area contributed by atoms with Crippen LogP contribution in [0.5, 0.6) is 11.5 Å². The van der Waals surface area contributed by atoms with Crippen molar-refractivity contribution in [2.24, 2.45) is 12.8 Å². The Morgan fingerprint density at radius 1 is 1.32 bits per heavy atom. The zero-order valence-electron chi connectivity index (χ0n) is 11.1. The Kier molecular flexibility index (Phi) is 4.11. The van der Waals surface area contributed by atoms with Gasteiger partial charge >= 0.3 is 0 Å². The number of aromatic nitrogens is 2. The Morgan fingerprint density at radius 3 is 2.58 bits per heavy atom. The Morgan fingerprint density at radius 2 is 2.05 bits per heavy atom. The Balaban J connectivity index is 2.51. The van der Waals surface area contributed by atoms with Crippen molar-refractivity contribution in [1.82, 2.24) is 9.55 Å². The number of hydrogen-bond acceptors (Lipinski definition) is 4. The first kappa shape index (κ1) is 13.9. The van der Waals surface area contributed by atoms with Crippen molar-refractivity contribution in [2.45, 2.75) is 6.04 Å². The fourth-order valence-electron chi connectivity index (χ4n) is 1.98. The number of rotatable bonds is 4. The largest absolute Gasteiger partial charge is 0.495 e. The number of aryl methyl sites for hydroxylation is 1. The number of imidazole rings is 1. The van der Waals surface area contributed by atoms with Gasteiger partial charge in [-0.3, -0.25) is 0 Å². The molecule has 19 heavy (non-hydrogen) atoms. The molecular weight excluding hydrogens is 310 g/mol. The third kappa shape index (κ3) is 2.46. The van der Waals surface area contributed by atoms with Crippen molar-refractivity contribution < 1.29 is 9.47 Å². The molecule has 1 heterocycles. The normalized spacial score (nSPS) is 12.3. The summed E-state index contributed by atoms with van der Waals surface area (Å²) in [5.41, 5.74) is 7.12. The Labute approximate surface area is 120 Å². The molecule has 0 spiro atoms. The average molecular weight is 326 g/mol.